The van der Waals surface area contributed by atoms with Crippen LogP contribution in [0.25, 0.3) is 28.3 Å². The Balaban J connectivity index is 1.94. The van der Waals surface area contributed by atoms with Crippen LogP contribution in [0, 0.1) is 6.92 Å². The first-order valence-corrected chi connectivity index (χ1v) is 7.64. The Bertz CT molecular complexity index is 975. The molecule has 0 saturated carbocycles. The number of rotatable bonds is 2. The minimum atomic E-state index is 0.696. The van der Waals surface area contributed by atoms with Gasteiger partial charge in [0.25, 0.3) is 0 Å². The van der Waals surface area contributed by atoms with Gasteiger partial charge in [-0.3, -0.25) is 0 Å². The van der Waals surface area contributed by atoms with E-state index >= 15 is 0 Å². The van der Waals surface area contributed by atoms with Crippen LogP contribution < -0.4 is 0 Å². The van der Waals surface area contributed by atoms with Crippen LogP contribution >= 0.6 is 11.6 Å². The number of hydrogen-bond donors (Lipinski definition) is 0. The van der Waals surface area contributed by atoms with Gasteiger partial charge in [-0.05, 0) is 31.2 Å². The van der Waals surface area contributed by atoms with Gasteiger partial charge in [0.2, 0.25) is 0 Å². The van der Waals surface area contributed by atoms with Gasteiger partial charge >= 0.3 is 0 Å². The van der Waals surface area contributed by atoms with Crippen molar-refractivity contribution in [2.24, 2.45) is 0 Å². The highest BCUT2D eigenvalue weighted by atomic mass is 35.5. The van der Waals surface area contributed by atoms with Gasteiger partial charge in [0.1, 0.15) is 5.82 Å². The molecule has 0 aliphatic rings. The summed E-state index contributed by atoms with van der Waals surface area (Å²) in [5, 5.41) is 5.38. The predicted octanol–water partition coefficient (Wildman–Crippen LogP) is 4.42. The van der Waals surface area contributed by atoms with Crippen molar-refractivity contribution in [3.05, 3.63) is 71.5 Å². The Labute approximate surface area is 138 Å². The fourth-order valence-electron chi connectivity index (χ4n) is 2.53. The Morgan fingerprint density at radius 1 is 0.870 bits per heavy atom. The summed E-state index contributed by atoms with van der Waals surface area (Å²) >= 11 is 5.98. The summed E-state index contributed by atoms with van der Waals surface area (Å²) < 4.78 is 1.78. The molecule has 0 spiro atoms. The minimum Gasteiger partial charge on any atom is -0.214 e. The normalized spacial score (nSPS) is 11.0. The molecule has 4 rings (SSSR count). The number of aromatic nitrogens is 4. The number of hydrogen-bond acceptors (Lipinski definition) is 3. The zero-order valence-electron chi connectivity index (χ0n) is 12.4. The Morgan fingerprint density at radius 2 is 1.61 bits per heavy atom. The molecule has 0 aliphatic heterocycles. The summed E-state index contributed by atoms with van der Waals surface area (Å²) in [7, 11) is 0. The molecule has 2 heterocycles. The molecule has 4 aromatic rings. The van der Waals surface area contributed by atoms with Crippen molar-refractivity contribution < 1.29 is 0 Å². The van der Waals surface area contributed by atoms with Crippen molar-refractivity contribution in [2.45, 2.75) is 6.92 Å². The van der Waals surface area contributed by atoms with E-state index in [1.165, 1.54) is 0 Å². The first-order chi connectivity index (χ1) is 11.2. The molecule has 2 aromatic heterocycles. The molecular weight excluding hydrogens is 308 g/mol. The van der Waals surface area contributed by atoms with Crippen molar-refractivity contribution >= 4 is 17.2 Å². The molecule has 0 atom stereocenters. The molecule has 0 bridgehead atoms. The molecule has 0 aliphatic carbocycles. The van der Waals surface area contributed by atoms with E-state index in [0.29, 0.717) is 10.8 Å². The summed E-state index contributed by atoms with van der Waals surface area (Å²) in [6.45, 7) is 1.88. The predicted molar refractivity (Wildman–Crippen MR) is 91.4 cm³/mol. The molecule has 4 nitrogen and oxygen atoms in total. The highest BCUT2D eigenvalue weighted by molar-refractivity contribution is 6.30. The summed E-state index contributed by atoms with van der Waals surface area (Å²) in [4.78, 5) is 9.04. The number of halogens is 1. The van der Waals surface area contributed by atoms with Gasteiger partial charge in [-0.25, -0.2) is 9.97 Å². The average Bonchev–Trinajstić information content (AvgIpc) is 2.99. The van der Waals surface area contributed by atoms with Gasteiger partial charge in [0, 0.05) is 22.2 Å². The lowest BCUT2D eigenvalue weighted by molar-refractivity contribution is 0.884. The molecular formula is C18H13ClN4. The average molecular weight is 321 g/mol. The zero-order chi connectivity index (χ0) is 15.8. The fraction of sp³-hybridized carbons (Fsp3) is 0.0556. The number of aryl methyl sites for hydroxylation is 1. The van der Waals surface area contributed by atoms with Crippen LogP contribution in [-0.2, 0) is 0 Å². The summed E-state index contributed by atoms with van der Waals surface area (Å²) in [5.41, 5.74) is 3.66. The number of benzene rings is 2. The molecule has 2 aromatic carbocycles. The number of nitrogens with zero attached hydrogens (tertiary/aromatic N) is 4. The first kappa shape index (κ1) is 13.9. The largest absolute Gasteiger partial charge is 0.214 e. The molecule has 0 N–H and O–H groups in total. The van der Waals surface area contributed by atoms with Crippen LogP contribution in [0.15, 0.2) is 60.7 Å². The van der Waals surface area contributed by atoms with E-state index in [9.17, 15) is 0 Å². The van der Waals surface area contributed by atoms with Crippen LogP contribution in [-0.4, -0.2) is 19.6 Å². The molecule has 23 heavy (non-hydrogen) atoms. The second-order valence-electron chi connectivity index (χ2n) is 5.27. The lowest BCUT2D eigenvalue weighted by Gasteiger charge is -2.05. The van der Waals surface area contributed by atoms with E-state index in [1.54, 1.807) is 4.52 Å². The topological polar surface area (TPSA) is 43.1 Å². The van der Waals surface area contributed by atoms with E-state index in [-0.39, 0.29) is 0 Å². The molecule has 0 unspecified atom stereocenters. The highest BCUT2D eigenvalue weighted by Gasteiger charge is 2.12. The maximum absolute atomic E-state index is 5.98. The standard InChI is InChI=1S/C18H13ClN4/c1-12-20-17-11-16(13-5-3-2-4-6-13)22-23(17)18(21-12)14-7-9-15(19)10-8-14/h2-11H,1H3. The van der Waals surface area contributed by atoms with E-state index < -0.39 is 0 Å². The van der Waals surface area contributed by atoms with Crippen LogP contribution in [0.1, 0.15) is 5.82 Å². The van der Waals surface area contributed by atoms with Crippen molar-refractivity contribution in [3.63, 3.8) is 0 Å². The third kappa shape index (κ3) is 2.58. The van der Waals surface area contributed by atoms with Crippen LogP contribution in [0.2, 0.25) is 5.02 Å². The third-order valence-electron chi connectivity index (χ3n) is 3.61. The quantitative estimate of drug-likeness (QED) is 0.549. The van der Waals surface area contributed by atoms with E-state index in [0.717, 1.165) is 28.3 Å². The van der Waals surface area contributed by atoms with Gasteiger partial charge in [0.05, 0.1) is 5.69 Å². The van der Waals surface area contributed by atoms with Crippen molar-refractivity contribution in [1.29, 1.82) is 0 Å². The molecule has 0 fully saturated rings. The molecule has 5 heteroatoms. The third-order valence-corrected chi connectivity index (χ3v) is 3.86. The molecule has 0 saturated heterocycles. The Kier molecular flexibility index (Phi) is 3.32. The second-order valence-corrected chi connectivity index (χ2v) is 5.70. The summed E-state index contributed by atoms with van der Waals surface area (Å²) in [5.74, 6) is 1.47. The minimum absolute atomic E-state index is 0.696. The first-order valence-electron chi connectivity index (χ1n) is 7.26. The molecule has 112 valence electrons. The van der Waals surface area contributed by atoms with Crippen molar-refractivity contribution in [1.82, 2.24) is 19.6 Å². The fourth-order valence-corrected chi connectivity index (χ4v) is 2.66. The monoisotopic (exact) mass is 320 g/mol. The number of fused-ring (bicyclic) bond motifs is 1. The van der Waals surface area contributed by atoms with Gasteiger partial charge in [0.15, 0.2) is 11.5 Å². The van der Waals surface area contributed by atoms with E-state index in [4.69, 9.17) is 11.6 Å². The summed E-state index contributed by atoms with van der Waals surface area (Å²) in [6, 6.07) is 19.6. The van der Waals surface area contributed by atoms with Crippen LogP contribution in [0.4, 0.5) is 0 Å². The van der Waals surface area contributed by atoms with Crippen LogP contribution in [0.3, 0.4) is 0 Å². The van der Waals surface area contributed by atoms with Crippen molar-refractivity contribution in [3.8, 4) is 22.6 Å². The van der Waals surface area contributed by atoms with E-state index in [2.05, 4.69) is 15.1 Å². The lowest BCUT2D eigenvalue weighted by atomic mass is 10.2. The highest BCUT2D eigenvalue weighted by Crippen LogP contribution is 2.24. The molecule has 0 amide bonds. The van der Waals surface area contributed by atoms with Gasteiger partial charge in [-0.1, -0.05) is 41.9 Å². The lowest BCUT2D eigenvalue weighted by Crippen LogP contribution is -2.02. The van der Waals surface area contributed by atoms with Crippen molar-refractivity contribution in [2.75, 3.05) is 0 Å². The molecule has 0 radical (unpaired) electrons. The second kappa shape index (κ2) is 5.48. The maximum Gasteiger partial charge on any atom is 0.165 e. The maximum atomic E-state index is 5.98. The van der Waals surface area contributed by atoms with E-state index in [1.807, 2.05) is 67.6 Å². The Hall–Kier alpha value is -2.72. The SMILES string of the molecule is Cc1nc(-c2ccc(Cl)cc2)n2nc(-c3ccccc3)cc2n1. The Morgan fingerprint density at radius 3 is 2.35 bits per heavy atom. The zero-order valence-corrected chi connectivity index (χ0v) is 13.2. The van der Waals surface area contributed by atoms with Gasteiger partial charge < -0.3 is 0 Å². The van der Waals surface area contributed by atoms with Gasteiger partial charge in [-0.15, -0.1) is 0 Å². The smallest absolute Gasteiger partial charge is 0.165 e. The summed E-state index contributed by atoms with van der Waals surface area (Å²) in [6.07, 6.45) is 0. The van der Waals surface area contributed by atoms with Gasteiger partial charge in [-0.2, -0.15) is 9.61 Å². The van der Waals surface area contributed by atoms with Crippen LogP contribution in [0.5, 0.6) is 0 Å².